The zero-order valence-corrected chi connectivity index (χ0v) is 28.7. The number of carbonyl (C=O) groups excluding carboxylic acids is 2. The van der Waals surface area contributed by atoms with Gasteiger partial charge in [0.1, 0.15) is 0 Å². The molecular formula is C39H64N4O2. The van der Waals surface area contributed by atoms with Gasteiger partial charge in [-0.15, -0.1) is 0 Å². The maximum atomic E-state index is 12.2. The summed E-state index contributed by atoms with van der Waals surface area (Å²) in [5, 5.41) is 0. The Balaban J connectivity index is 1.74. The third-order valence-electron chi connectivity index (χ3n) is 8.91. The zero-order valence-electron chi connectivity index (χ0n) is 28.7. The molecule has 6 heteroatoms. The summed E-state index contributed by atoms with van der Waals surface area (Å²) in [4.78, 5) is 27.7. The Kier molecular flexibility index (Phi) is 20.6. The van der Waals surface area contributed by atoms with E-state index in [1.165, 1.54) is 103 Å². The van der Waals surface area contributed by atoms with Crippen molar-refractivity contribution in [2.45, 2.75) is 149 Å². The SMILES string of the molecule is CCCCCCCCCCCCN(C(N)=O)c1ccc(Cc2ccc(N(CCCCCCCCCCCC)C(N)=O)cc2)cc1. The van der Waals surface area contributed by atoms with Crippen molar-refractivity contribution in [1.29, 1.82) is 0 Å². The van der Waals surface area contributed by atoms with E-state index in [-0.39, 0.29) is 0 Å². The van der Waals surface area contributed by atoms with Crippen LogP contribution in [0.3, 0.4) is 0 Å². The van der Waals surface area contributed by atoms with Gasteiger partial charge < -0.3 is 11.5 Å². The minimum absolute atomic E-state index is 0.397. The lowest BCUT2D eigenvalue weighted by Gasteiger charge is -2.21. The number of anilines is 2. The van der Waals surface area contributed by atoms with Crippen LogP contribution in [0.5, 0.6) is 0 Å². The van der Waals surface area contributed by atoms with Crippen molar-refractivity contribution < 1.29 is 9.59 Å². The summed E-state index contributed by atoms with van der Waals surface area (Å²) < 4.78 is 0. The molecule has 2 aromatic rings. The van der Waals surface area contributed by atoms with Crippen LogP contribution in [-0.4, -0.2) is 25.2 Å². The molecule has 2 rings (SSSR count). The Morgan fingerprint density at radius 3 is 0.978 bits per heavy atom. The van der Waals surface area contributed by atoms with Crippen LogP contribution >= 0.6 is 0 Å². The summed E-state index contributed by atoms with van der Waals surface area (Å²) in [6, 6.07) is 15.4. The van der Waals surface area contributed by atoms with Crippen LogP contribution in [0.1, 0.15) is 153 Å². The van der Waals surface area contributed by atoms with E-state index in [0.29, 0.717) is 13.1 Å². The molecule has 0 saturated heterocycles. The second kappa shape index (κ2) is 24.2. The fraction of sp³-hybridized carbons (Fsp3) is 0.641. The van der Waals surface area contributed by atoms with E-state index in [1.807, 2.05) is 24.3 Å². The van der Waals surface area contributed by atoms with Crippen LogP contribution in [0.4, 0.5) is 21.0 Å². The lowest BCUT2D eigenvalue weighted by molar-refractivity contribution is 0.253. The topological polar surface area (TPSA) is 92.7 Å². The standard InChI is InChI=1S/C39H64N4O2/c1-3-5-7-9-11-13-15-17-19-21-31-42(38(40)44)36-27-23-34(24-28-36)33-35-25-29-37(30-26-35)43(39(41)45)32-22-20-18-16-14-12-10-8-6-4-2/h23-30H,3-22,31-33H2,1-2H3,(H2,40,44)(H2,41,45). The molecule has 45 heavy (non-hydrogen) atoms. The van der Waals surface area contributed by atoms with Crippen molar-refractivity contribution in [3.63, 3.8) is 0 Å². The molecule has 0 heterocycles. The van der Waals surface area contributed by atoms with Crippen molar-refractivity contribution in [3.05, 3.63) is 59.7 Å². The van der Waals surface area contributed by atoms with Crippen LogP contribution in [-0.2, 0) is 6.42 Å². The molecule has 0 spiro atoms. The van der Waals surface area contributed by atoms with Crippen LogP contribution in [0.25, 0.3) is 0 Å². The van der Waals surface area contributed by atoms with E-state index in [9.17, 15) is 9.59 Å². The van der Waals surface area contributed by atoms with E-state index >= 15 is 0 Å². The molecule has 0 aliphatic heterocycles. The van der Waals surface area contributed by atoms with Gasteiger partial charge >= 0.3 is 12.1 Å². The number of unbranched alkanes of at least 4 members (excludes halogenated alkanes) is 18. The van der Waals surface area contributed by atoms with E-state index in [1.54, 1.807) is 9.80 Å². The van der Waals surface area contributed by atoms with Gasteiger partial charge in [-0.3, -0.25) is 9.80 Å². The Morgan fingerprint density at radius 2 is 0.711 bits per heavy atom. The fourth-order valence-electron chi connectivity index (χ4n) is 6.07. The highest BCUT2D eigenvalue weighted by atomic mass is 16.2. The van der Waals surface area contributed by atoms with Crippen molar-refractivity contribution in [3.8, 4) is 0 Å². The maximum Gasteiger partial charge on any atom is 0.319 e. The van der Waals surface area contributed by atoms with Gasteiger partial charge in [0.15, 0.2) is 0 Å². The summed E-state index contributed by atoms with van der Waals surface area (Å²) in [6.45, 7) is 5.82. The van der Waals surface area contributed by atoms with Gasteiger partial charge in [0, 0.05) is 24.5 Å². The minimum Gasteiger partial charge on any atom is -0.351 e. The average molecular weight is 621 g/mol. The van der Waals surface area contributed by atoms with Crippen molar-refractivity contribution >= 4 is 23.4 Å². The van der Waals surface area contributed by atoms with Gasteiger partial charge in [-0.05, 0) is 54.7 Å². The normalized spacial score (nSPS) is 11.1. The zero-order chi connectivity index (χ0) is 32.5. The number of rotatable bonds is 26. The highest BCUT2D eigenvalue weighted by Crippen LogP contribution is 2.22. The predicted octanol–water partition coefficient (Wildman–Crippen LogP) is 10.9. The van der Waals surface area contributed by atoms with Gasteiger partial charge in [0.05, 0.1) is 0 Å². The van der Waals surface area contributed by atoms with Crippen LogP contribution in [0.15, 0.2) is 48.5 Å². The lowest BCUT2D eigenvalue weighted by Crippen LogP contribution is -2.36. The number of nitrogens with two attached hydrogens (primary N) is 2. The smallest absolute Gasteiger partial charge is 0.319 e. The van der Waals surface area contributed by atoms with Gasteiger partial charge in [-0.2, -0.15) is 0 Å². The lowest BCUT2D eigenvalue weighted by atomic mass is 10.0. The second-order valence-corrected chi connectivity index (χ2v) is 12.9. The van der Waals surface area contributed by atoms with Gasteiger partial charge in [-0.1, -0.05) is 154 Å². The number of benzene rings is 2. The molecule has 4 N–H and O–H groups in total. The Morgan fingerprint density at radius 1 is 0.444 bits per heavy atom. The molecule has 0 bridgehead atoms. The molecule has 2 aromatic carbocycles. The number of urea groups is 2. The molecule has 252 valence electrons. The minimum atomic E-state index is -0.397. The quantitative estimate of drug-likeness (QED) is 0.102. The number of hydrogen-bond donors (Lipinski definition) is 2. The van der Waals surface area contributed by atoms with Gasteiger partial charge in [-0.25, -0.2) is 9.59 Å². The third-order valence-corrected chi connectivity index (χ3v) is 8.91. The molecule has 0 radical (unpaired) electrons. The van der Waals surface area contributed by atoms with Gasteiger partial charge in [0.2, 0.25) is 0 Å². The fourth-order valence-corrected chi connectivity index (χ4v) is 6.07. The first kappa shape index (κ1) is 38.2. The highest BCUT2D eigenvalue weighted by Gasteiger charge is 2.14. The Bertz CT molecular complexity index is 955. The summed E-state index contributed by atoms with van der Waals surface area (Å²) in [5.41, 5.74) is 15.5. The molecule has 0 aromatic heterocycles. The van der Waals surface area contributed by atoms with Crippen molar-refractivity contribution in [2.24, 2.45) is 11.5 Å². The summed E-state index contributed by atoms with van der Waals surface area (Å²) in [7, 11) is 0. The number of primary amides is 2. The Labute approximate surface area is 275 Å². The molecule has 4 amide bonds. The summed E-state index contributed by atoms with van der Waals surface area (Å²) in [5.74, 6) is 0. The maximum absolute atomic E-state index is 12.2. The van der Waals surface area contributed by atoms with Gasteiger partial charge in [0.25, 0.3) is 0 Å². The molecule has 0 unspecified atom stereocenters. The highest BCUT2D eigenvalue weighted by molar-refractivity contribution is 5.91. The third kappa shape index (κ3) is 16.7. The first-order chi connectivity index (χ1) is 22.0. The van der Waals surface area contributed by atoms with Crippen LogP contribution in [0, 0.1) is 0 Å². The molecule has 0 fully saturated rings. The molecular weight excluding hydrogens is 556 g/mol. The van der Waals surface area contributed by atoms with Crippen molar-refractivity contribution in [1.82, 2.24) is 0 Å². The first-order valence-corrected chi connectivity index (χ1v) is 18.3. The Hall–Kier alpha value is -3.02. The van der Waals surface area contributed by atoms with Crippen LogP contribution < -0.4 is 21.3 Å². The molecule has 0 saturated carbocycles. The number of nitrogens with zero attached hydrogens (tertiary/aromatic N) is 2. The van der Waals surface area contributed by atoms with Crippen LogP contribution in [0.2, 0.25) is 0 Å². The van der Waals surface area contributed by atoms with E-state index < -0.39 is 12.1 Å². The summed E-state index contributed by atoms with van der Waals surface area (Å²) in [6.07, 6.45) is 26.0. The van der Waals surface area contributed by atoms with E-state index in [2.05, 4.69) is 38.1 Å². The molecule has 0 aliphatic carbocycles. The first-order valence-electron chi connectivity index (χ1n) is 18.3. The molecule has 0 aliphatic rings. The molecule has 6 nitrogen and oxygen atoms in total. The second-order valence-electron chi connectivity index (χ2n) is 12.9. The monoisotopic (exact) mass is 621 g/mol. The number of carbonyl (C=O) groups is 2. The molecule has 0 atom stereocenters. The average Bonchev–Trinajstić information content (AvgIpc) is 3.03. The number of amides is 4. The van der Waals surface area contributed by atoms with E-state index in [0.717, 1.165) is 54.6 Å². The number of hydrogen-bond acceptors (Lipinski definition) is 2. The largest absolute Gasteiger partial charge is 0.351 e. The summed E-state index contributed by atoms with van der Waals surface area (Å²) >= 11 is 0. The predicted molar refractivity (Wildman–Crippen MR) is 193 cm³/mol. The van der Waals surface area contributed by atoms with Crippen molar-refractivity contribution in [2.75, 3.05) is 22.9 Å². The van der Waals surface area contributed by atoms with E-state index in [4.69, 9.17) is 11.5 Å².